The number of hydrogen-bond acceptors (Lipinski definition) is 5. The summed E-state index contributed by atoms with van der Waals surface area (Å²) >= 11 is 0. The average molecular weight is 432 g/mol. The van der Waals surface area contributed by atoms with Crippen molar-refractivity contribution in [1.82, 2.24) is 15.2 Å². The molecule has 166 valence electrons. The predicted octanol–water partition coefficient (Wildman–Crippen LogP) is 3.32. The summed E-state index contributed by atoms with van der Waals surface area (Å²) in [5.74, 6) is 0.743. The van der Waals surface area contributed by atoms with Crippen LogP contribution in [0.4, 0.5) is 0 Å². The van der Waals surface area contributed by atoms with E-state index in [-0.39, 0.29) is 5.91 Å². The minimum atomic E-state index is -0.937. The van der Waals surface area contributed by atoms with Crippen molar-refractivity contribution in [3.8, 4) is 16.9 Å². The molecule has 1 fully saturated rings. The van der Waals surface area contributed by atoms with E-state index in [1.165, 1.54) is 5.56 Å². The fourth-order valence-electron chi connectivity index (χ4n) is 4.26. The van der Waals surface area contributed by atoms with Crippen molar-refractivity contribution in [3.63, 3.8) is 0 Å². The summed E-state index contributed by atoms with van der Waals surface area (Å²) in [5.41, 5.74) is 3.42. The third-order valence-corrected chi connectivity index (χ3v) is 5.88. The van der Waals surface area contributed by atoms with Gasteiger partial charge in [-0.1, -0.05) is 42.5 Å². The molecule has 1 amide bonds. The fourth-order valence-corrected chi connectivity index (χ4v) is 4.26. The molecule has 1 saturated heterocycles. The topological polar surface area (TPSA) is 63.7 Å². The molecule has 3 aromatic rings. The quantitative estimate of drug-likeness (QED) is 0.622. The van der Waals surface area contributed by atoms with E-state index >= 15 is 0 Å². The van der Waals surface area contributed by atoms with E-state index in [1.807, 2.05) is 36.5 Å². The van der Waals surface area contributed by atoms with Gasteiger partial charge in [0.15, 0.2) is 5.60 Å². The van der Waals surface area contributed by atoms with Crippen LogP contribution in [0.15, 0.2) is 73.1 Å². The van der Waals surface area contributed by atoms with Gasteiger partial charge in [-0.2, -0.15) is 0 Å². The monoisotopic (exact) mass is 431 g/mol. The summed E-state index contributed by atoms with van der Waals surface area (Å²) in [4.78, 5) is 19.5. The molecule has 0 radical (unpaired) electrons. The molecule has 0 aliphatic carbocycles. The van der Waals surface area contributed by atoms with E-state index in [2.05, 4.69) is 45.5 Å². The maximum atomic E-state index is 13.0. The van der Waals surface area contributed by atoms with Crippen LogP contribution in [0.1, 0.15) is 11.1 Å². The number of benzene rings is 2. The molecule has 6 nitrogen and oxygen atoms in total. The highest BCUT2D eigenvalue weighted by Gasteiger charge is 2.43. The second-order valence-corrected chi connectivity index (χ2v) is 8.10. The third-order valence-electron chi connectivity index (χ3n) is 5.88. The van der Waals surface area contributed by atoms with Gasteiger partial charge in [0, 0.05) is 45.5 Å². The highest BCUT2D eigenvalue weighted by molar-refractivity contribution is 5.86. The van der Waals surface area contributed by atoms with Crippen LogP contribution in [0, 0.1) is 0 Å². The van der Waals surface area contributed by atoms with E-state index in [4.69, 9.17) is 9.47 Å². The molecule has 6 heteroatoms. The first-order valence-electron chi connectivity index (χ1n) is 10.8. The Morgan fingerprint density at radius 3 is 2.66 bits per heavy atom. The van der Waals surface area contributed by atoms with Crippen molar-refractivity contribution in [1.29, 1.82) is 0 Å². The molecule has 0 bridgehead atoms. The third kappa shape index (κ3) is 4.98. The fraction of sp³-hybridized carbons (Fsp3) is 0.308. The number of rotatable bonds is 7. The van der Waals surface area contributed by atoms with E-state index in [0.29, 0.717) is 19.6 Å². The lowest BCUT2D eigenvalue weighted by atomic mass is 9.90. The first-order chi connectivity index (χ1) is 15.6. The molecule has 2 aromatic carbocycles. The molecular formula is C26H29N3O3. The van der Waals surface area contributed by atoms with Crippen molar-refractivity contribution in [2.45, 2.75) is 18.6 Å². The Morgan fingerprint density at radius 2 is 1.94 bits per heavy atom. The Balaban J connectivity index is 1.55. The second-order valence-electron chi connectivity index (χ2n) is 8.10. The molecule has 1 atom stereocenters. The summed E-state index contributed by atoms with van der Waals surface area (Å²) < 4.78 is 11.4. The van der Waals surface area contributed by atoms with Gasteiger partial charge in [0.2, 0.25) is 0 Å². The summed E-state index contributed by atoms with van der Waals surface area (Å²) in [6.07, 6.45) is 4.11. The maximum absolute atomic E-state index is 13.0. The van der Waals surface area contributed by atoms with Crippen LogP contribution < -0.4 is 10.1 Å². The summed E-state index contributed by atoms with van der Waals surface area (Å²) in [7, 11) is 3.33. The number of methoxy groups -OCH3 is 1. The van der Waals surface area contributed by atoms with Gasteiger partial charge in [0.25, 0.3) is 5.91 Å². The van der Waals surface area contributed by atoms with Crippen molar-refractivity contribution in [3.05, 3.63) is 84.2 Å². The van der Waals surface area contributed by atoms with Crippen LogP contribution in [0.2, 0.25) is 0 Å². The number of ether oxygens (including phenoxy) is 2. The van der Waals surface area contributed by atoms with Crippen LogP contribution in [0.3, 0.4) is 0 Å². The highest BCUT2D eigenvalue weighted by Crippen LogP contribution is 2.27. The molecule has 0 spiro atoms. The normalized spacial score (nSPS) is 18.8. The molecule has 0 saturated carbocycles. The standard InChI is InChI=1S/C26H29N3O3/c1-27-25(30)26(16-21-5-3-6-22(15-21)23-7-4-12-28-17-23)19-29(13-14-32-26)18-20-8-10-24(31-2)11-9-20/h3-12,15,17H,13-14,16,18-19H2,1-2H3,(H,27,30). The zero-order valence-corrected chi connectivity index (χ0v) is 18.6. The summed E-state index contributed by atoms with van der Waals surface area (Å²) in [6, 6.07) is 20.3. The maximum Gasteiger partial charge on any atom is 0.253 e. The Labute approximate surface area is 189 Å². The Kier molecular flexibility index (Phi) is 6.83. The molecule has 1 aromatic heterocycles. The number of nitrogens with zero attached hydrogens (tertiary/aromatic N) is 2. The van der Waals surface area contributed by atoms with Gasteiger partial charge < -0.3 is 14.8 Å². The number of carbonyl (C=O) groups is 1. The van der Waals surface area contributed by atoms with Gasteiger partial charge in [-0.05, 0) is 40.5 Å². The van der Waals surface area contributed by atoms with Crippen LogP contribution in [-0.4, -0.2) is 55.2 Å². The zero-order valence-electron chi connectivity index (χ0n) is 18.6. The number of pyridine rings is 1. The van der Waals surface area contributed by atoms with E-state index in [9.17, 15) is 4.79 Å². The predicted molar refractivity (Wildman–Crippen MR) is 124 cm³/mol. The largest absolute Gasteiger partial charge is 0.497 e. The van der Waals surface area contributed by atoms with Crippen LogP contribution in [-0.2, 0) is 22.5 Å². The number of hydrogen-bond donors (Lipinski definition) is 1. The second kappa shape index (κ2) is 9.94. The van der Waals surface area contributed by atoms with Crippen molar-refractivity contribution < 1.29 is 14.3 Å². The molecule has 1 N–H and O–H groups in total. The number of aromatic nitrogens is 1. The molecule has 4 rings (SSSR count). The summed E-state index contributed by atoms with van der Waals surface area (Å²) in [5, 5.41) is 2.82. The van der Waals surface area contributed by atoms with Crippen molar-refractivity contribution in [2.75, 3.05) is 33.9 Å². The zero-order chi connectivity index (χ0) is 22.4. The summed E-state index contributed by atoms with van der Waals surface area (Å²) in [6.45, 7) is 2.56. The Bertz CT molecular complexity index is 1040. The molecule has 1 aliphatic heterocycles. The molecule has 2 heterocycles. The minimum Gasteiger partial charge on any atom is -0.497 e. The highest BCUT2D eigenvalue weighted by atomic mass is 16.5. The molecule has 1 unspecified atom stereocenters. The number of nitrogens with one attached hydrogen (secondary N) is 1. The van der Waals surface area contributed by atoms with E-state index in [1.54, 1.807) is 20.4 Å². The lowest BCUT2D eigenvalue weighted by Crippen LogP contribution is -2.60. The Morgan fingerprint density at radius 1 is 1.12 bits per heavy atom. The first-order valence-corrected chi connectivity index (χ1v) is 10.8. The minimum absolute atomic E-state index is 0.0938. The van der Waals surface area contributed by atoms with Gasteiger partial charge in [-0.15, -0.1) is 0 Å². The van der Waals surface area contributed by atoms with Gasteiger partial charge >= 0.3 is 0 Å². The Hall–Kier alpha value is -3.22. The van der Waals surface area contributed by atoms with Crippen molar-refractivity contribution >= 4 is 5.91 Å². The van der Waals surface area contributed by atoms with Gasteiger partial charge in [-0.3, -0.25) is 14.7 Å². The first kappa shape index (κ1) is 22.0. The number of morpholine rings is 1. The van der Waals surface area contributed by atoms with E-state index in [0.717, 1.165) is 35.5 Å². The van der Waals surface area contributed by atoms with Crippen LogP contribution in [0.5, 0.6) is 5.75 Å². The molecule has 32 heavy (non-hydrogen) atoms. The lowest BCUT2D eigenvalue weighted by Gasteiger charge is -2.41. The number of amides is 1. The van der Waals surface area contributed by atoms with Gasteiger partial charge in [0.1, 0.15) is 5.75 Å². The smallest absolute Gasteiger partial charge is 0.253 e. The van der Waals surface area contributed by atoms with Gasteiger partial charge in [0.05, 0.1) is 13.7 Å². The molecule has 1 aliphatic rings. The lowest BCUT2D eigenvalue weighted by molar-refractivity contribution is -0.160. The SMILES string of the molecule is CNC(=O)C1(Cc2cccc(-c3cccnc3)c2)CN(Cc2ccc(OC)cc2)CCO1. The number of likely N-dealkylation sites (N-methyl/N-ethyl adjacent to an activating group) is 1. The van der Waals surface area contributed by atoms with Crippen molar-refractivity contribution in [2.24, 2.45) is 0 Å². The van der Waals surface area contributed by atoms with Crippen LogP contribution >= 0.6 is 0 Å². The van der Waals surface area contributed by atoms with E-state index < -0.39 is 5.60 Å². The molecular weight excluding hydrogens is 402 g/mol. The van der Waals surface area contributed by atoms with Gasteiger partial charge in [-0.25, -0.2) is 0 Å². The average Bonchev–Trinajstić information content (AvgIpc) is 2.85. The number of carbonyl (C=O) groups excluding carboxylic acids is 1. The van der Waals surface area contributed by atoms with Crippen LogP contribution in [0.25, 0.3) is 11.1 Å².